The fraction of sp³-hybridized carbons (Fsp3) is 0.364. The van der Waals surface area contributed by atoms with Gasteiger partial charge in [-0.05, 0) is 41.1 Å². The van der Waals surface area contributed by atoms with E-state index in [1.165, 1.54) is 17.4 Å². The van der Waals surface area contributed by atoms with E-state index in [0.29, 0.717) is 24.7 Å². The average Bonchev–Trinajstić information content (AvgIpc) is 3.12. The van der Waals surface area contributed by atoms with Crippen molar-refractivity contribution in [3.05, 3.63) is 52.2 Å². The van der Waals surface area contributed by atoms with E-state index < -0.39 is 5.97 Å². The van der Waals surface area contributed by atoms with Crippen LogP contribution in [0.3, 0.4) is 0 Å². The normalized spacial score (nSPS) is 14.4. The number of esters is 1. The number of nitrogens with one attached hydrogen (secondary N) is 1. The van der Waals surface area contributed by atoms with Gasteiger partial charge in [0.05, 0.1) is 19.3 Å². The minimum absolute atomic E-state index is 0.137. The van der Waals surface area contributed by atoms with Gasteiger partial charge >= 0.3 is 5.97 Å². The van der Waals surface area contributed by atoms with E-state index in [4.69, 9.17) is 14.2 Å². The monoisotopic (exact) mass is 415 g/mol. The molecule has 0 saturated carbocycles. The van der Waals surface area contributed by atoms with Gasteiger partial charge in [0.25, 0.3) is 5.91 Å². The summed E-state index contributed by atoms with van der Waals surface area (Å²) in [5.41, 5.74) is 0.918. The Labute approximate surface area is 174 Å². The van der Waals surface area contributed by atoms with Gasteiger partial charge in [-0.2, -0.15) is 0 Å². The number of ether oxygens (including phenoxy) is 3. The van der Waals surface area contributed by atoms with Crippen molar-refractivity contribution in [2.45, 2.75) is 26.3 Å². The van der Waals surface area contributed by atoms with Crippen LogP contribution in [-0.4, -0.2) is 31.7 Å². The molecule has 0 fully saturated rings. The van der Waals surface area contributed by atoms with Gasteiger partial charge in [-0.1, -0.05) is 26.0 Å². The third-order valence-corrected chi connectivity index (χ3v) is 5.22. The lowest BCUT2D eigenvalue weighted by atomic mass is 9.95. The van der Waals surface area contributed by atoms with Crippen molar-refractivity contribution in [1.29, 1.82) is 0 Å². The average molecular weight is 416 g/mol. The first kappa shape index (κ1) is 20.9. The zero-order valence-corrected chi connectivity index (χ0v) is 17.4. The van der Waals surface area contributed by atoms with Crippen LogP contribution in [0.1, 0.15) is 36.8 Å². The number of amides is 1. The molecule has 3 rings (SSSR count). The molecular weight excluding hydrogens is 390 g/mol. The second-order valence-corrected chi connectivity index (χ2v) is 7.98. The first-order chi connectivity index (χ1) is 14.0. The Morgan fingerprint density at radius 3 is 2.72 bits per heavy atom. The molecule has 1 amide bonds. The first-order valence-electron chi connectivity index (χ1n) is 9.60. The molecule has 0 saturated heterocycles. The van der Waals surface area contributed by atoms with Crippen LogP contribution in [0, 0.1) is 5.92 Å². The van der Waals surface area contributed by atoms with Crippen LogP contribution in [0.5, 0.6) is 11.5 Å². The van der Waals surface area contributed by atoms with Crippen LogP contribution < -0.4 is 14.8 Å². The molecule has 1 atom stereocenters. The van der Waals surface area contributed by atoms with Crippen LogP contribution in [0.25, 0.3) is 6.08 Å². The Bertz CT molecular complexity index is 860. The molecule has 1 N–H and O–H groups in total. The Morgan fingerprint density at radius 1 is 1.21 bits per heavy atom. The highest BCUT2D eigenvalue weighted by molar-refractivity contribution is 7.10. The fourth-order valence-corrected chi connectivity index (χ4v) is 3.56. The van der Waals surface area contributed by atoms with Gasteiger partial charge in [0.1, 0.15) is 0 Å². The lowest BCUT2D eigenvalue weighted by Crippen LogP contribution is -2.34. The lowest BCUT2D eigenvalue weighted by Gasteiger charge is -2.23. The Kier molecular flexibility index (Phi) is 7.30. The van der Waals surface area contributed by atoms with Crippen LogP contribution in [0.2, 0.25) is 0 Å². The fourth-order valence-electron chi connectivity index (χ4n) is 2.94. The number of fused-ring (bicyclic) bond motifs is 1. The van der Waals surface area contributed by atoms with Gasteiger partial charge in [0.2, 0.25) is 0 Å². The topological polar surface area (TPSA) is 73.9 Å². The first-order valence-corrected chi connectivity index (χ1v) is 10.5. The van der Waals surface area contributed by atoms with Crippen molar-refractivity contribution in [2.75, 3.05) is 19.8 Å². The Balaban J connectivity index is 1.58. The molecule has 1 aliphatic rings. The quantitative estimate of drug-likeness (QED) is 0.547. The molecule has 0 spiro atoms. The molecule has 0 radical (unpaired) electrons. The molecule has 1 aromatic heterocycles. The van der Waals surface area contributed by atoms with E-state index in [0.717, 1.165) is 16.9 Å². The minimum atomic E-state index is -0.551. The summed E-state index contributed by atoms with van der Waals surface area (Å²) in [6.45, 7) is 4.93. The van der Waals surface area contributed by atoms with Crippen LogP contribution >= 0.6 is 11.3 Å². The molecular formula is C22H25NO5S. The van der Waals surface area contributed by atoms with E-state index >= 15 is 0 Å². The summed E-state index contributed by atoms with van der Waals surface area (Å²) >= 11 is 1.52. The highest BCUT2D eigenvalue weighted by Crippen LogP contribution is 2.34. The maximum atomic E-state index is 12.3. The van der Waals surface area contributed by atoms with Gasteiger partial charge in [0, 0.05) is 17.4 Å². The maximum absolute atomic E-state index is 12.3. The third-order valence-electron chi connectivity index (χ3n) is 4.39. The molecule has 1 aromatic carbocycles. The highest BCUT2D eigenvalue weighted by atomic mass is 32.1. The van der Waals surface area contributed by atoms with Crippen molar-refractivity contribution >= 4 is 29.3 Å². The number of carbonyl (C=O) groups excluding carboxylic acids is 2. The number of rotatable bonds is 7. The molecule has 1 aliphatic heterocycles. The third kappa shape index (κ3) is 6.09. The van der Waals surface area contributed by atoms with E-state index in [9.17, 15) is 9.59 Å². The van der Waals surface area contributed by atoms with Gasteiger partial charge in [-0.25, -0.2) is 4.79 Å². The SMILES string of the molecule is CC(C)[C@H](NC(=O)COC(=O)/C=C/c1cccs1)c1ccc2c(c1)OCCCO2. The van der Waals surface area contributed by atoms with Crippen LogP contribution in [-0.2, 0) is 14.3 Å². The summed E-state index contributed by atoms with van der Waals surface area (Å²) in [4.78, 5) is 25.1. The largest absolute Gasteiger partial charge is 0.490 e. The van der Waals surface area contributed by atoms with Crippen LogP contribution in [0.15, 0.2) is 41.8 Å². The summed E-state index contributed by atoms with van der Waals surface area (Å²) < 4.78 is 16.5. The number of thiophene rings is 1. The van der Waals surface area contributed by atoms with E-state index in [-0.39, 0.29) is 24.5 Å². The van der Waals surface area contributed by atoms with Crippen molar-refractivity contribution in [3.63, 3.8) is 0 Å². The number of benzene rings is 1. The summed E-state index contributed by atoms with van der Waals surface area (Å²) in [6.07, 6.45) is 3.82. The standard InChI is InChI=1S/C22H25NO5S/c1-15(2)22(16-6-8-18-19(13-16)27-11-4-10-26-18)23-20(24)14-28-21(25)9-7-17-5-3-12-29-17/h3,5-9,12-13,15,22H,4,10-11,14H2,1-2H3,(H,23,24)/b9-7+/t22-/m0/s1. The molecule has 29 heavy (non-hydrogen) atoms. The molecule has 2 heterocycles. The van der Waals surface area contributed by atoms with Crippen molar-refractivity contribution in [1.82, 2.24) is 5.32 Å². The van der Waals surface area contributed by atoms with E-state index in [2.05, 4.69) is 5.32 Å². The summed E-state index contributed by atoms with van der Waals surface area (Å²) in [5, 5.41) is 4.87. The highest BCUT2D eigenvalue weighted by Gasteiger charge is 2.21. The Morgan fingerprint density at radius 2 is 2.00 bits per heavy atom. The van der Waals surface area contributed by atoms with Gasteiger partial charge < -0.3 is 19.5 Å². The number of hydrogen-bond donors (Lipinski definition) is 1. The zero-order chi connectivity index (χ0) is 20.6. The molecule has 7 heteroatoms. The van der Waals surface area contributed by atoms with Gasteiger partial charge in [0.15, 0.2) is 18.1 Å². The lowest BCUT2D eigenvalue weighted by molar-refractivity contribution is -0.144. The molecule has 0 bridgehead atoms. The van der Waals surface area contributed by atoms with E-state index in [1.54, 1.807) is 6.08 Å². The Hall–Kier alpha value is -2.80. The zero-order valence-electron chi connectivity index (χ0n) is 16.6. The van der Waals surface area contributed by atoms with Crippen molar-refractivity contribution < 1.29 is 23.8 Å². The second-order valence-electron chi connectivity index (χ2n) is 7.00. The van der Waals surface area contributed by atoms with Gasteiger partial charge in [-0.15, -0.1) is 11.3 Å². The summed E-state index contributed by atoms with van der Waals surface area (Å²) in [6, 6.07) is 9.25. The van der Waals surface area contributed by atoms with Crippen molar-refractivity contribution in [2.24, 2.45) is 5.92 Å². The van der Waals surface area contributed by atoms with Crippen LogP contribution in [0.4, 0.5) is 0 Å². The molecule has 0 aliphatic carbocycles. The smallest absolute Gasteiger partial charge is 0.331 e. The molecule has 2 aromatic rings. The summed E-state index contributed by atoms with van der Waals surface area (Å²) in [5.74, 6) is 0.633. The van der Waals surface area contributed by atoms with E-state index in [1.807, 2.05) is 49.6 Å². The minimum Gasteiger partial charge on any atom is -0.490 e. The molecule has 6 nitrogen and oxygen atoms in total. The second kappa shape index (κ2) is 10.1. The molecule has 0 unspecified atom stereocenters. The van der Waals surface area contributed by atoms with Gasteiger partial charge in [-0.3, -0.25) is 4.79 Å². The number of carbonyl (C=O) groups is 2. The predicted octanol–water partition coefficient (Wildman–Crippen LogP) is 3.98. The molecule has 154 valence electrons. The van der Waals surface area contributed by atoms with Crippen molar-refractivity contribution in [3.8, 4) is 11.5 Å². The number of hydrogen-bond acceptors (Lipinski definition) is 6. The predicted molar refractivity (Wildman–Crippen MR) is 112 cm³/mol. The maximum Gasteiger partial charge on any atom is 0.331 e. The summed E-state index contributed by atoms with van der Waals surface area (Å²) in [7, 11) is 0.